The van der Waals surface area contributed by atoms with Gasteiger partial charge in [-0.3, -0.25) is 0 Å². The Hall–Kier alpha value is -1.28. The molecule has 0 aromatic heterocycles. The van der Waals surface area contributed by atoms with Gasteiger partial charge in [-0.15, -0.1) is 6.58 Å². The van der Waals surface area contributed by atoms with Gasteiger partial charge < -0.3 is 10.2 Å². The van der Waals surface area contributed by atoms with Gasteiger partial charge in [-0.25, -0.2) is 0 Å². The number of aliphatic hydroxyl groups is 1. The Morgan fingerprint density at radius 2 is 2.17 bits per heavy atom. The number of allylic oxidation sites excluding steroid dienone is 1. The molecule has 0 radical (unpaired) electrons. The zero-order valence-electron chi connectivity index (χ0n) is 6.83. The van der Waals surface area contributed by atoms with Gasteiger partial charge in [-0.1, -0.05) is 12.1 Å². The van der Waals surface area contributed by atoms with E-state index in [1.165, 1.54) is 0 Å². The van der Waals surface area contributed by atoms with Crippen LogP contribution in [0.2, 0.25) is 0 Å². The second-order valence-corrected chi connectivity index (χ2v) is 2.61. The van der Waals surface area contributed by atoms with E-state index in [-0.39, 0.29) is 12.4 Å². The van der Waals surface area contributed by atoms with Crippen molar-refractivity contribution < 1.29 is 10.2 Å². The zero-order valence-corrected chi connectivity index (χ0v) is 6.83. The van der Waals surface area contributed by atoms with Crippen LogP contribution in [0.3, 0.4) is 0 Å². The fraction of sp³-hybridized carbons (Fsp3) is 0.200. The first-order chi connectivity index (χ1) is 5.77. The molecule has 0 fully saturated rings. The van der Waals surface area contributed by atoms with E-state index in [2.05, 4.69) is 6.58 Å². The molecule has 0 heterocycles. The molecule has 0 saturated heterocycles. The van der Waals surface area contributed by atoms with Crippen LogP contribution in [0.1, 0.15) is 11.1 Å². The first kappa shape index (κ1) is 8.81. The maximum Gasteiger partial charge on any atom is 0.119 e. The topological polar surface area (TPSA) is 40.5 Å². The Kier molecular flexibility index (Phi) is 2.88. The number of phenols is 1. The Bertz CT molecular complexity index is 279. The third kappa shape index (κ3) is 1.86. The lowest BCUT2D eigenvalue weighted by Crippen LogP contribution is -1.87. The SMILES string of the molecule is C=CCc1cc(CO)ccc1O. The van der Waals surface area contributed by atoms with E-state index in [0.717, 1.165) is 11.1 Å². The molecule has 1 rings (SSSR count). The molecule has 2 nitrogen and oxygen atoms in total. The quantitative estimate of drug-likeness (QED) is 0.666. The Morgan fingerprint density at radius 3 is 2.75 bits per heavy atom. The highest BCUT2D eigenvalue weighted by atomic mass is 16.3. The van der Waals surface area contributed by atoms with Crippen LogP contribution >= 0.6 is 0 Å². The first-order valence-electron chi connectivity index (χ1n) is 3.80. The smallest absolute Gasteiger partial charge is 0.119 e. The summed E-state index contributed by atoms with van der Waals surface area (Å²) in [6.07, 6.45) is 2.34. The summed E-state index contributed by atoms with van der Waals surface area (Å²) in [5.41, 5.74) is 1.61. The highest BCUT2D eigenvalue weighted by Gasteiger charge is 1.99. The molecule has 0 spiro atoms. The van der Waals surface area contributed by atoms with Gasteiger partial charge in [-0.05, 0) is 29.7 Å². The molecule has 0 aliphatic rings. The van der Waals surface area contributed by atoms with Crippen molar-refractivity contribution in [1.82, 2.24) is 0 Å². The van der Waals surface area contributed by atoms with E-state index in [9.17, 15) is 5.11 Å². The predicted octanol–water partition coefficient (Wildman–Crippen LogP) is 1.61. The van der Waals surface area contributed by atoms with Gasteiger partial charge in [0, 0.05) is 0 Å². The third-order valence-electron chi connectivity index (χ3n) is 1.69. The fourth-order valence-electron chi connectivity index (χ4n) is 1.06. The van der Waals surface area contributed by atoms with Crippen molar-refractivity contribution >= 4 is 0 Å². The number of benzene rings is 1. The summed E-state index contributed by atoms with van der Waals surface area (Å²) in [6.45, 7) is 3.58. The second kappa shape index (κ2) is 3.93. The molecule has 0 bridgehead atoms. The van der Waals surface area contributed by atoms with Crippen molar-refractivity contribution in [2.24, 2.45) is 0 Å². The number of phenolic OH excluding ortho intramolecular Hbond substituents is 1. The van der Waals surface area contributed by atoms with Crippen LogP contribution in [-0.2, 0) is 13.0 Å². The third-order valence-corrected chi connectivity index (χ3v) is 1.69. The fourth-order valence-corrected chi connectivity index (χ4v) is 1.06. The maximum absolute atomic E-state index is 9.33. The van der Waals surface area contributed by atoms with E-state index >= 15 is 0 Å². The lowest BCUT2D eigenvalue weighted by Gasteiger charge is -2.03. The maximum atomic E-state index is 9.33. The van der Waals surface area contributed by atoms with E-state index in [4.69, 9.17) is 5.11 Å². The minimum absolute atomic E-state index is 0.00439. The largest absolute Gasteiger partial charge is 0.508 e. The van der Waals surface area contributed by atoms with E-state index in [1.54, 1.807) is 24.3 Å². The van der Waals surface area contributed by atoms with Crippen LogP contribution in [0.15, 0.2) is 30.9 Å². The summed E-state index contributed by atoms with van der Waals surface area (Å²) < 4.78 is 0. The lowest BCUT2D eigenvalue weighted by molar-refractivity contribution is 0.281. The lowest BCUT2D eigenvalue weighted by atomic mass is 10.1. The molecule has 2 N–H and O–H groups in total. The van der Waals surface area contributed by atoms with Gasteiger partial charge in [-0.2, -0.15) is 0 Å². The molecule has 12 heavy (non-hydrogen) atoms. The highest BCUT2D eigenvalue weighted by Crippen LogP contribution is 2.19. The molecular weight excluding hydrogens is 152 g/mol. The number of hydrogen-bond acceptors (Lipinski definition) is 2. The Morgan fingerprint density at radius 1 is 1.42 bits per heavy atom. The van der Waals surface area contributed by atoms with Crippen LogP contribution in [0.25, 0.3) is 0 Å². The molecule has 0 atom stereocenters. The molecule has 64 valence electrons. The summed E-state index contributed by atoms with van der Waals surface area (Å²) in [5.74, 6) is 0.257. The molecule has 0 aliphatic heterocycles. The van der Waals surface area contributed by atoms with E-state index < -0.39 is 0 Å². The summed E-state index contributed by atoms with van der Waals surface area (Å²) in [5, 5.41) is 18.1. The Balaban J connectivity index is 2.99. The second-order valence-electron chi connectivity index (χ2n) is 2.61. The molecule has 0 amide bonds. The van der Waals surface area contributed by atoms with Gasteiger partial charge in [0.2, 0.25) is 0 Å². The molecule has 2 heteroatoms. The van der Waals surface area contributed by atoms with Gasteiger partial charge in [0.25, 0.3) is 0 Å². The van der Waals surface area contributed by atoms with Crippen LogP contribution in [-0.4, -0.2) is 10.2 Å². The van der Waals surface area contributed by atoms with E-state index in [0.29, 0.717) is 6.42 Å². The normalized spacial score (nSPS) is 9.75. The first-order valence-corrected chi connectivity index (χ1v) is 3.80. The van der Waals surface area contributed by atoms with Crippen molar-refractivity contribution in [3.63, 3.8) is 0 Å². The van der Waals surface area contributed by atoms with Crippen molar-refractivity contribution in [2.75, 3.05) is 0 Å². The van der Waals surface area contributed by atoms with Gasteiger partial charge in [0.15, 0.2) is 0 Å². The van der Waals surface area contributed by atoms with Crippen LogP contribution in [0.5, 0.6) is 5.75 Å². The van der Waals surface area contributed by atoms with Crippen molar-refractivity contribution in [3.05, 3.63) is 42.0 Å². The monoisotopic (exact) mass is 164 g/mol. The summed E-state index contributed by atoms with van der Waals surface area (Å²) in [7, 11) is 0. The zero-order chi connectivity index (χ0) is 8.97. The molecule has 0 saturated carbocycles. The molecule has 1 aromatic rings. The summed E-state index contributed by atoms with van der Waals surface area (Å²) in [6, 6.07) is 5.06. The molecular formula is C10H12O2. The number of aliphatic hydroxyl groups excluding tert-OH is 1. The predicted molar refractivity (Wildman–Crippen MR) is 47.9 cm³/mol. The van der Waals surface area contributed by atoms with Crippen LogP contribution < -0.4 is 0 Å². The molecule has 1 aromatic carbocycles. The van der Waals surface area contributed by atoms with Crippen LogP contribution in [0.4, 0.5) is 0 Å². The number of rotatable bonds is 3. The minimum atomic E-state index is 0.00439. The average Bonchev–Trinajstić information content (AvgIpc) is 2.09. The van der Waals surface area contributed by atoms with Gasteiger partial charge >= 0.3 is 0 Å². The Labute approximate surface area is 71.8 Å². The highest BCUT2D eigenvalue weighted by molar-refractivity contribution is 5.37. The number of hydrogen-bond donors (Lipinski definition) is 2. The van der Waals surface area contributed by atoms with Gasteiger partial charge in [0.1, 0.15) is 5.75 Å². The van der Waals surface area contributed by atoms with Crippen molar-refractivity contribution in [1.29, 1.82) is 0 Å². The van der Waals surface area contributed by atoms with Gasteiger partial charge in [0.05, 0.1) is 6.61 Å². The van der Waals surface area contributed by atoms with E-state index in [1.807, 2.05) is 0 Å². The molecule has 0 aliphatic carbocycles. The molecule has 0 unspecified atom stereocenters. The van der Waals surface area contributed by atoms with Crippen LogP contribution in [0, 0.1) is 0 Å². The standard InChI is InChI=1S/C10H12O2/c1-2-3-9-6-8(7-11)4-5-10(9)12/h2,4-6,11-12H,1,3,7H2. The van der Waals surface area contributed by atoms with Crippen molar-refractivity contribution in [2.45, 2.75) is 13.0 Å². The summed E-state index contributed by atoms with van der Waals surface area (Å²) >= 11 is 0. The average molecular weight is 164 g/mol. The number of aromatic hydroxyl groups is 1. The van der Waals surface area contributed by atoms with Crippen molar-refractivity contribution in [3.8, 4) is 5.75 Å². The minimum Gasteiger partial charge on any atom is -0.508 e. The summed E-state index contributed by atoms with van der Waals surface area (Å²) in [4.78, 5) is 0.